The lowest BCUT2D eigenvalue weighted by Gasteiger charge is -2.18. The van der Waals surface area contributed by atoms with Gasteiger partial charge in [0.25, 0.3) is 0 Å². The fourth-order valence-corrected chi connectivity index (χ4v) is 4.26. The Bertz CT molecular complexity index is 1240. The molecule has 1 N–H and O–H groups in total. The van der Waals surface area contributed by atoms with Crippen LogP contribution in [0.5, 0.6) is 5.75 Å². The molecule has 1 unspecified atom stereocenters. The molecule has 0 saturated carbocycles. The largest absolute Gasteiger partial charge is 0.492 e. The molecule has 7 heteroatoms. The molecule has 0 fully saturated rings. The topological polar surface area (TPSA) is 80.8 Å². The van der Waals surface area contributed by atoms with Gasteiger partial charge >= 0.3 is 0 Å². The Morgan fingerprint density at radius 3 is 2.47 bits per heavy atom. The summed E-state index contributed by atoms with van der Waals surface area (Å²) in [6.07, 6.45) is 6.03. The number of allylic oxidation sites excluding steroid dienone is 1. The number of ketones is 2. The summed E-state index contributed by atoms with van der Waals surface area (Å²) in [6.45, 7) is 1.37. The van der Waals surface area contributed by atoms with Crippen LogP contribution in [0.1, 0.15) is 49.7 Å². The maximum absolute atomic E-state index is 13.6. The van der Waals surface area contributed by atoms with Crippen molar-refractivity contribution >= 4 is 17.3 Å². The number of rotatable bonds is 12. The van der Waals surface area contributed by atoms with Crippen LogP contribution in [0, 0.1) is 0 Å². The number of hydrogen-bond donors (Lipinski definition) is 1. The van der Waals surface area contributed by atoms with E-state index < -0.39 is 5.92 Å². The highest BCUT2D eigenvalue weighted by molar-refractivity contribution is 6.06. The van der Waals surface area contributed by atoms with Crippen LogP contribution >= 0.6 is 0 Å². The number of hydrogen-bond acceptors (Lipinski definition) is 7. The van der Waals surface area contributed by atoms with E-state index in [1.54, 1.807) is 55.9 Å². The molecule has 0 aliphatic heterocycles. The smallest absolute Gasteiger partial charge is 0.170 e. The predicted molar refractivity (Wildman–Crippen MR) is 139 cm³/mol. The average Bonchev–Trinajstić information content (AvgIpc) is 3.29. The highest BCUT2D eigenvalue weighted by Crippen LogP contribution is 2.32. The molecule has 1 heterocycles. The third-order valence-corrected chi connectivity index (χ3v) is 6.21. The SMILES string of the molecule is CONC1=CCc2cc(C(CC(=O)c3ccc(OCCN(C)C)cc3)C(=O)c3ccncc3)ccc21. The summed E-state index contributed by atoms with van der Waals surface area (Å²) in [7, 11) is 5.55. The summed E-state index contributed by atoms with van der Waals surface area (Å²) in [5, 5.41) is 0. The summed E-state index contributed by atoms with van der Waals surface area (Å²) in [5.41, 5.74) is 7.83. The van der Waals surface area contributed by atoms with Gasteiger partial charge in [0.2, 0.25) is 0 Å². The Morgan fingerprint density at radius 2 is 1.78 bits per heavy atom. The zero-order chi connectivity index (χ0) is 25.5. The van der Waals surface area contributed by atoms with Crippen molar-refractivity contribution in [2.45, 2.75) is 18.8 Å². The summed E-state index contributed by atoms with van der Waals surface area (Å²) in [6, 6.07) is 16.4. The van der Waals surface area contributed by atoms with Gasteiger partial charge in [0.05, 0.1) is 18.7 Å². The molecule has 1 atom stereocenters. The third kappa shape index (κ3) is 6.05. The number of ether oxygens (including phenoxy) is 1. The van der Waals surface area contributed by atoms with E-state index >= 15 is 0 Å². The molecule has 2 aromatic carbocycles. The Labute approximate surface area is 211 Å². The van der Waals surface area contributed by atoms with Gasteiger partial charge in [-0.2, -0.15) is 0 Å². The van der Waals surface area contributed by atoms with Crippen LogP contribution in [0.15, 0.2) is 73.1 Å². The number of Topliss-reactive ketones (excluding diaryl/α,β-unsaturated/α-hetero) is 2. The van der Waals surface area contributed by atoms with Gasteiger partial charge in [0.15, 0.2) is 11.6 Å². The van der Waals surface area contributed by atoms with Gasteiger partial charge in [-0.1, -0.05) is 24.3 Å². The zero-order valence-corrected chi connectivity index (χ0v) is 20.9. The first-order valence-corrected chi connectivity index (χ1v) is 11.9. The molecule has 36 heavy (non-hydrogen) atoms. The van der Waals surface area contributed by atoms with E-state index in [0.29, 0.717) is 23.5 Å². The molecular weight excluding hydrogens is 454 g/mol. The van der Waals surface area contributed by atoms with E-state index in [1.165, 1.54) is 0 Å². The van der Waals surface area contributed by atoms with Crippen LogP contribution in [0.4, 0.5) is 0 Å². The normalized spacial score (nSPS) is 13.2. The van der Waals surface area contributed by atoms with E-state index in [-0.39, 0.29) is 18.0 Å². The minimum Gasteiger partial charge on any atom is -0.492 e. The Balaban J connectivity index is 1.55. The van der Waals surface area contributed by atoms with E-state index in [4.69, 9.17) is 9.57 Å². The van der Waals surface area contributed by atoms with Crippen molar-refractivity contribution in [3.05, 3.63) is 101 Å². The van der Waals surface area contributed by atoms with Crippen molar-refractivity contribution < 1.29 is 19.2 Å². The zero-order valence-electron chi connectivity index (χ0n) is 20.9. The molecule has 1 aromatic heterocycles. The molecule has 0 saturated heterocycles. The molecule has 1 aliphatic rings. The second-order valence-corrected chi connectivity index (χ2v) is 9.00. The number of benzene rings is 2. The van der Waals surface area contributed by atoms with Crippen molar-refractivity contribution in [3.63, 3.8) is 0 Å². The van der Waals surface area contributed by atoms with Gasteiger partial charge in [0, 0.05) is 42.0 Å². The number of nitrogens with zero attached hydrogens (tertiary/aromatic N) is 2. The second-order valence-electron chi connectivity index (χ2n) is 9.00. The third-order valence-electron chi connectivity index (χ3n) is 6.21. The number of fused-ring (bicyclic) bond motifs is 1. The van der Waals surface area contributed by atoms with Gasteiger partial charge in [-0.25, -0.2) is 0 Å². The van der Waals surface area contributed by atoms with E-state index in [2.05, 4.69) is 10.5 Å². The van der Waals surface area contributed by atoms with Gasteiger partial charge in [0.1, 0.15) is 12.4 Å². The fourth-order valence-electron chi connectivity index (χ4n) is 4.26. The maximum atomic E-state index is 13.6. The predicted octanol–water partition coefficient (Wildman–Crippen LogP) is 4.31. The number of carbonyl (C=O) groups excluding carboxylic acids is 2. The molecule has 186 valence electrons. The van der Waals surface area contributed by atoms with Crippen molar-refractivity contribution in [3.8, 4) is 5.75 Å². The number of aromatic nitrogens is 1. The maximum Gasteiger partial charge on any atom is 0.170 e. The molecule has 3 aromatic rings. The van der Waals surface area contributed by atoms with Gasteiger partial charge in [-0.15, -0.1) is 0 Å². The lowest BCUT2D eigenvalue weighted by Crippen LogP contribution is -2.19. The Kier molecular flexibility index (Phi) is 8.25. The minimum atomic E-state index is -0.611. The number of pyridine rings is 1. The van der Waals surface area contributed by atoms with E-state index in [0.717, 1.165) is 35.4 Å². The lowest BCUT2D eigenvalue weighted by atomic mass is 9.84. The lowest BCUT2D eigenvalue weighted by molar-refractivity contribution is 0.0893. The molecule has 0 amide bonds. The highest BCUT2D eigenvalue weighted by Gasteiger charge is 2.27. The van der Waals surface area contributed by atoms with Crippen molar-refractivity contribution in [2.75, 3.05) is 34.4 Å². The Morgan fingerprint density at radius 1 is 1.03 bits per heavy atom. The molecule has 0 bridgehead atoms. The van der Waals surface area contributed by atoms with Crippen molar-refractivity contribution in [1.29, 1.82) is 0 Å². The highest BCUT2D eigenvalue weighted by atomic mass is 16.6. The summed E-state index contributed by atoms with van der Waals surface area (Å²) in [4.78, 5) is 38.0. The number of nitrogens with one attached hydrogen (secondary N) is 1. The van der Waals surface area contributed by atoms with Gasteiger partial charge in [-0.05, 0) is 68.0 Å². The van der Waals surface area contributed by atoms with Crippen molar-refractivity contribution in [2.24, 2.45) is 0 Å². The standard InChI is InChI=1S/C29H31N3O4/c1-32(2)16-17-36-24-8-4-20(5-9-24)28(33)19-26(29(34)21-12-14-30-15-13-21)23-6-10-25-22(18-23)7-11-27(25)31-35-3/h4-6,8-15,18,26,31H,7,16-17,19H2,1-3H3. The first-order chi connectivity index (χ1) is 17.5. The molecule has 1 aliphatic carbocycles. The molecule has 0 radical (unpaired) electrons. The quantitative estimate of drug-likeness (QED) is 0.302. The summed E-state index contributed by atoms with van der Waals surface area (Å²) >= 11 is 0. The number of hydroxylamine groups is 1. The first-order valence-electron chi connectivity index (χ1n) is 11.9. The average molecular weight is 486 g/mol. The molecule has 7 nitrogen and oxygen atoms in total. The van der Waals surface area contributed by atoms with Crippen LogP contribution in [0.3, 0.4) is 0 Å². The number of carbonyl (C=O) groups is 2. The van der Waals surface area contributed by atoms with E-state index in [9.17, 15) is 9.59 Å². The van der Waals surface area contributed by atoms with Gasteiger partial charge in [-0.3, -0.25) is 24.9 Å². The number of likely N-dealkylation sites (N-methyl/N-ethyl adjacent to an activating group) is 1. The van der Waals surface area contributed by atoms with Crippen LogP contribution in [0.2, 0.25) is 0 Å². The molecule has 4 rings (SSSR count). The van der Waals surface area contributed by atoms with Crippen LogP contribution < -0.4 is 10.2 Å². The van der Waals surface area contributed by atoms with E-state index in [1.807, 2.05) is 43.3 Å². The monoisotopic (exact) mass is 485 g/mol. The Hall–Kier alpha value is -3.81. The van der Waals surface area contributed by atoms with Gasteiger partial charge < -0.3 is 9.64 Å². The summed E-state index contributed by atoms with van der Waals surface area (Å²) < 4.78 is 5.73. The van der Waals surface area contributed by atoms with Crippen LogP contribution in [0.25, 0.3) is 5.70 Å². The molecule has 0 spiro atoms. The first kappa shape index (κ1) is 25.3. The fraction of sp³-hybridized carbons (Fsp3) is 0.276. The summed E-state index contributed by atoms with van der Waals surface area (Å²) in [5.74, 6) is -0.0943. The van der Waals surface area contributed by atoms with Crippen molar-refractivity contribution in [1.82, 2.24) is 15.4 Å². The molecular formula is C29H31N3O4. The minimum absolute atomic E-state index is 0.0668. The van der Waals surface area contributed by atoms with Crippen LogP contribution in [-0.2, 0) is 11.3 Å². The second kappa shape index (κ2) is 11.7. The van der Waals surface area contributed by atoms with Crippen LogP contribution in [-0.4, -0.2) is 55.8 Å².